The van der Waals surface area contributed by atoms with Gasteiger partial charge in [0.05, 0.1) is 17.3 Å². The molecule has 0 radical (unpaired) electrons. The van der Waals surface area contributed by atoms with E-state index in [0.717, 1.165) is 36.1 Å². The molecule has 1 aromatic rings. The molecule has 0 spiro atoms. The van der Waals surface area contributed by atoms with Crippen molar-refractivity contribution in [1.82, 2.24) is 4.90 Å². The second kappa shape index (κ2) is 6.49. The monoisotopic (exact) mass is 281 g/mol. The first kappa shape index (κ1) is 15.2. The lowest BCUT2D eigenvalue weighted by Gasteiger charge is -2.32. The van der Waals surface area contributed by atoms with Crippen molar-refractivity contribution in [2.24, 2.45) is 0 Å². The Morgan fingerprint density at radius 2 is 2.10 bits per heavy atom. The Bertz CT molecular complexity index is 595. The minimum atomic E-state index is 0.339. The summed E-state index contributed by atoms with van der Waals surface area (Å²) < 4.78 is 0. The number of nitrogens with zero attached hydrogens (tertiary/aromatic N) is 3. The van der Waals surface area contributed by atoms with Crippen molar-refractivity contribution in [3.05, 3.63) is 48.3 Å². The predicted molar refractivity (Wildman–Crippen MR) is 88.6 cm³/mol. The lowest BCUT2D eigenvalue weighted by Crippen LogP contribution is -2.36. The van der Waals surface area contributed by atoms with Crippen molar-refractivity contribution in [2.75, 3.05) is 11.9 Å². The Kier molecular flexibility index (Phi) is 4.70. The molecule has 1 aliphatic heterocycles. The number of allylic oxidation sites excluding steroid dienone is 1. The van der Waals surface area contributed by atoms with Crippen molar-refractivity contribution >= 4 is 11.3 Å². The van der Waals surface area contributed by atoms with Gasteiger partial charge in [0, 0.05) is 25.0 Å². The molecule has 1 aliphatic rings. The molecular weight excluding hydrogens is 258 g/mol. The molecule has 1 heterocycles. The van der Waals surface area contributed by atoms with Gasteiger partial charge in [0.15, 0.2) is 0 Å². The second-order valence-electron chi connectivity index (χ2n) is 5.44. The highest BCUT2D eigenvalue weighted by Gasteiger charge is 2.26. The molecule has 2 rings (SSSR count). The van der Waals surface area contributed by atoms with E-state index in [1.54, 1.807) is 0 Å². The lowest BCUT2D eigenvalue weighted by molar-refractivity contribution is 0.337. The molecule has 0 amide bonds. The van der Waals surface area contributed by atoms with Gasteiger partial charge >= 0.3 is 0 Å². The lowest BCUT2D eigenvalue weighted by atomic mass is 9.99. The van der Waals surface area contributed by atoms with Crippen LogP contribution in [0, 0.1) is 11.3 Å². The van der Waals surface area contributed by atoms with Crippen molar-refractivity contribution in [2.45, 2.75) is 39.3 Å². The van der Waals surface area contributed by atoms with E-state index < -0.39 is 0 Å². The van der Waals surface area contributed by atoms with Crippen molar-refractivity contribution in [3.8, 4) is 6.07 Å². The van der Waals surface area contributed by atoms with Crippen LogP contribution in [0.15, 0.2) is 37.2 Å². The van der Waals surface area contributed by atoms with E-state index in [1.807, 2.05) is 18.2 Å². The molecule has 1 aromatic carbocycles. The molecule has 3 nitrogen and oxygen atoms in total. The maximum Gasteiger partial charge on any atom is 0.105 e. The zero-order chi connectivity index (χ0) is 15.4. The summed E-state index contributed by atoms with van der Waals surface area (Å²) in [5.41, 5.74) is 3.98. The molecule has 1 atom stereocenters. The zero-order valence-corrected chi connectivity index (χ0v) is 13.1. The van der Waals surface area contributed by atoms with E-state index in [4.69, 9.17) is 5.26 Å². The topological polar surface area (TPSA) is 30.3 Å². The largest absolute Gasteiger partial charge is 0.359 e. The second-order valence-corrected chi connectivity index (χ2v) is 5.44. The summed E-state index contributed by atoms with van der Waals surface area (Å²) in [6.45, 7) is 8.47. The Morgan fingerprint density at radius 1 is 1.33 bits per heavy atom. The summed E-state index contributed by atoms with van der Waals surface area (Å²) in [7, 11) is 2.11. The first-order valence-corrected chi connectivity index (χ1v) is 7.53. The van der Waals surface area contributed by atoms with Gasteiger partial charge < -0.3 is 9.80 Å². The average Bonchev–Trinajstić information content (AvgIpc) is 2.87. The van der Waals surface area contributed by atoms with Crippen molar-refractivity contribution in [3.63, 3.8) is 0 Å². The normalized spacial score (nSPS) is 17.1. The third-order valence-electron chi connectivity index (χ3n) is 4.01. The standard InChI is InChI=1S/C18H23N3/c1-5-7-18-20(4)10-11-21(18)17-9-8-15(13-19)12-16(17)14(3)6-2/h8-12,18H,3,5-7H2,1-2,4H3. The molecule has 110 valence electrons. The molecule has 3 heteroatoms. The van der Waals surface area contributed by atoms with E-state index in [0.29, 0.717) is 11.7 Å². The first-order chi connectivity index (χ1) is 10.1. The third kappa shape index (κ3) is 2.95. The molecule has 0 saturated heterocycles. The molecule has 21 heavy (non-hydrogen) atoms. The summed E-state index contributed by atoms with van der Waals surface area (Å²) in [4.78, 5) is 4.53. The van der Waals surface area contributed by atoms with Gasteiger partial charge in [-0.25, -0.2) is 0 Å². The van der Waals surface area contributed by atoms with Gasteiger partial charge in [0.1, 0.15) is 6.17 Å². The van der Waals surface area contributed by atoms with E-state index in [9.17, 15) is 0 Å². The van der Waals surface area contributed by atoms with Crippen molar-refractivity contribution in [1.29, 1.82) is 5.26 Å². The zero-order valence-electron chi connectivity index (χ0n) is 13.1. The minimum Gasteiger partial charge on any atom is -0.359 e. The SMILES string of the molecule is C=C(CC)c1cc(C#N)ccc1N1C=CN(C)C1CCC. The highest BCUT2D eigenvalue weighted by atomic mass is 15.4. The fourth-order valence-corrected chi connectivity index (χ4v) is 2.72. The maximum absolute atomic E-state index is 9.14. The summed E-state index contributed by atoms with van der Waals surface area (Å²) in [5, 5.41) is 9.14. The van der Waals surface area contributed by atoms with Crippen LogP contribution in [0.25, 0.3) is 5.57 Å². The van der Waals surface area contributed by atoms with Crippen LogP contribution >= 0.6 is 0 Å². The van der Waals surface area contributed by atoms with Crippen LogP contribution in [-0.4, -0.2) is 18.1 Å². The van der Waals surface area contributed by atoms with Crippen LogP contribution < -0.4 is 4.90 Å². The quantitative estimate of drug-likeness (QED) is 0.804. The number of anilines is 1. The third-order valence-corrected chi connectivity index (χ3v) is 4.01. The summed E-state index contributed by atoms with van der Waals surface area (Å²) in [6.07, 6.45) is 7.68. The Balaban J connectivity index is 2.45. The molecule has 0 aliphatic carbocycles. The predicted octanol–water partition coefficient (Wildman–Crippen LogP) is 4.33. The molecule has 0 N–H and O–H groups in total. The molecular formula is C18H23N3. The number of hydrogen-bond donors (Lipinski definition) is 0. The summed E-state index contributed by atoms with van der Waals surface area (Å²) in [5.74, 6) is 0. The van der Waals surface area contributed by atoms with Crippen LogP contribution in [0.5, 0.6) is 0 Å². The molecule has 0 bridgehead atoms. The summed E-state index contributed by atoms with van der Waals surface area (Å²) in [6, 6.07) is 8.10. The Labute approximate surface area is 127 Å². The van der Waals surface area contributed by atoms with E-state index in [1.165, 1.54) is 0 Å². The fourth-order valence-electron chi connectivity index (χ4n) is 2.72. The van der Waals surface area contributed by atoms with Gasteiger partial charge in [0.25, 0.3) is 0 Å². The molecule has 1 unspecified atom stereocenters. The van der Waals surface area contributed by atoms with E-state index in [2.05, 4.69) is 55.7 Å². The van der Waals surface area contributed by atoms with Crippen LogP contribution in [-0.2, 0) is 0 Å². The van der Waals surface area contributed by atoms with E-state index >= 15 is 0 Å². The smallest absolute Gasteiger partial charge is 0.105 e. The number of nitriles is 1. The van der Waals surface area contributed by atoms with Gasteiger partial charge in [-0.3, -0.25) is 0 Å². The highest BCUT2D eigenvalue weighted by molar-refractivity contribution is 5.78. The van der Waals surface area contributed by atoms with Gasteiger partial charge in [-0.05, 0) is 36.6 Å². The fraction of sp³-hybridized carbons (Fsp3) is 0.389. The van der Waals surface area contributed by atoms with Crippen LogP contribution in [0.3, 0.4) is 0 Å². The van der Waals surface area contributed by atoms with Crippen LogP contribution in [0.1, 0.15) is 44.2 Å². The first-order valence-electron chi connectivity index (χ1n) is 7.53. The van der Waals surface area contributed by atoms with Crippen LogP contribution in [0.2, 0.25) is 0 Å². The number of benzene rings is 1. The Morgan fingerprint density at radius 3 is 2.71 bits per heavy atom. The number of rotatable bonds is 5. The highest BCUT2D eigenvalue weighted by Crippen LogP contribution is 2.34. The maximum atomic E-state index is 9.14. The molecule has 0 aromatic heterocycles. The number of hydrogen-bond acceptors (Lipinski definition) is 3. The van der Waals surface area contributed by atoms with Gasteiger partial charge in [-0.15, -0.1) is 0 Å². The summed E-state index contributed by atoms with van der Waals surface area (Å²) >= 11 is 0. The molecule has 0 saturated carbocycles. The van der Waals surface area contributed by atoms with E-state index in [-0.39, 0.29) is 0 Å². The Hall–Kier alpha value is -2.21. The molecule has 0 fully saturated rings. The van der Waals surface area contributed by atoms with Crippen molar-refractivity contribution < 1.29 is 0 Å². The van der Waals surface area contributed by atoms with Gasteiger partial charge in [-0.2, -0.15) is 5.26 Å². The van der Waals surface area contributed by atoms with Gasteiger partial charge in [0.2, 0.25) is 0 Å². The average molecular weight is 281 g/mol. The van der Waals surface area contributed by atoms with Crippen LogP contribution in [0.4, 0.5) is 5.69 Å². The van der Waals surface area contributed by atoms with Gasteiger partial charge in [-0.1, -0.05) is 26.8 Å². The minimum absolute atomic E-state index is 0.339.